The Morgan fingerprint density at radius 1 is 1.08 bits per heavy atom. The van der Waals surface area contributed by atoms with Crippen LogP contribution in [-0.2, 0) is 11.2 Å². The first-order valence-corrected chi connectivity index (χ1v) is 9.17. The summed E-state index contributed by atoms with van der Waals surface area (Å²) in [6, 6.07) is 15.8. The van der Waals surface area contributed by atoms with Gasteiger partial charge in [-0.3, -0.25) is 4.31 Å². The quantitative estimate of drug-likeness (QED) is 0.846. The summed E-state index contributed by atoms with van der Waals surface area (Å²) in [7, 11) is 1.81. The molecule has 0 aliphatic carbocycles. The van der Waals surface area contributed by atoms with Gasteiger partial charge in [-0.05, 0) is 44.2 Å². The number of anilines is 3. The first kappa shape index (κ1) is 17.0. The fourth-order valence-corrected chi connectivity index (χ4v) is 4.40. The van der Waals surface area contributed by atoms with Crippen molar-refractivity contribution in [3.8, 4) is 0 Å². The van der Waals surface area contributed by atoms with E-state index in [4.69, 9.17) is 0 Å². The van der Waals surface area contributed by atoms with Crippen molar-refractivity contribution in [2.75, 3.05) is 28.7 Å². The van der Waals surface area contributed by atoms with E-state index in [1.54, 1.807) is 0 Å². The lowest BCUT2D eigenvalue weighted by Crippen LogP contribution is -2.33. The van der Waals surface area contributed by atoms with E-state index < -0.39 is 17.3 Å². The van der Waals surface area contributed by atoms with E-state index in [0.717, 1.165) is 22.6 Å². The molecule has 0 radical (unpaired) electrons. The number of aliphatic hydroxyl groups excluding tert-OH is 1. The van der Waals surface area contributed by atoms with Crippen LogP contribution in [0.3, 0.4) is 0 Å². The van der Waals surface area contributed by atoms with Gasteiger partial charge in [0.1, 0.15) is 0 Å². The Hall–Kier alpha value is -1.89. The topological polar surface area (TPSA) is 55.8 Å². The average Bonchev–Trinajstić information content (AvgIpc) is 2.85. The molecule has 2 aromatic carbocycles. The minimum atomic E-state index is -1.34. The highest BCUT2D eigenvalue weighted by atomic mass is 32.2. The second-order valence-electron chi connectivity index (χ2n) is 5.90. The number of likely N-dealkylation sites (N-methyl/N-ethyl adjacent to an activating group) is 1. The van der Waals surface area contributed by atoms with E-state index in [9.17, 15) is 9.32 Å². The maximum Gasteiger partial charge on any atom is 0.230 e. The number of hydrogen-bond acceptors (Lipinski definition) is 3. The molecular formula is C18H23N3O2S. The molecule has 3 rings (SSSR count). The number of rotatable bonds is 6. The Kier molecular flexibility index (Phi) is 5.18. The number of fused-ring (bicyclic) bond motifs is 1. The van der Waals surface area contributed by atoms with Crippen LogP contribution in [0.1, 0.15) is 12.0 Å². The zero-order chi connectivity index (χ0) is 17.1. The Bertz CT molecular complexity index is 738. The number of aliphatic hydroxyl groups is 1. The lowest BCUT2D eigenvalue weighted by Gasteiger charge is -2.22. The van der Waals surface area contributed by atoms with E-state index in [2.05, 4.69) is 5.32 Å². The molecule has 0 saturated carbocycles. The summed E-state index contributed by atoms with van der Waals surface area (Å²) in [6.45, 7) is 3.09. The molecule has 0 fully saturated rings. The minimum absolute atomic E-state index is 0.452. The van der Waals surface area contributed by atoms with Gasteiger partial charge in [-0.15, -0.1) is 0 Å². The number of nitrogens with zero attached hydrogens (tertiary/aromatic N) is 2. The maximum absolute atomic E-state index is 13.2. The van der Waals surface area contributed by atoms with E-state index in [1.165, 1.54) is 0 Å². The highest BCUT2D eigenvalue weighted by Gasteiger charge is 2.34. The first-order chi connectivity index (χ1) is 11.6. The summed E-state index contributed by atoms with van der Waals surface area (Å²) in [5, 5.41) is 12.9. The molecular weight excluding hydrogens is 322 g/mol. The fourth-order valence-electron chi connectivity index (χ4n) is 2.92. The van der Waals surface area contributed by atoms with Gasteiger partial charge in [0.25, 0.3) is 0 Å². The minimum Gasteiger partial charge on any atom is -0.392 e. The number of nitrogens with one attached hydrogen (secondary N) is 1. The second-order valence-corrected chi connectivity index (χ2v) is 7.17. The molecule has 0 spiro atoms. The molecule has 5 nitrogen and oxygen atoms in total. The Morgan fingerprint density at radius 2 is 1.71 bits per heavy atom. The van der Waals surface area contributed by atoms with Gasteiger partial charge in [-0.25, -0.2) is 8.51 Å². The number of benzene rings is 2. The van der Waals surface area contributed by atoms with Crippen molar-refractivity contribution in [3.05, 3.63) is 54.1 Å². The van der Waals surface area contributed by atoms with E-state index in [-0.39, 0.29) is 0 Å². The van der Waals surface area contributed by atoms with Crippen LogP contribution in [0.25, 0.3) is 0 Å². The standard InChI is InChI=1S/C18H23N3O2S/c1-14-7-3-4-8-16(14)21-18-10-6-5-9-17(18)20(24(21)23)12-11-15(22)13-19-2/h3-10,15,19,22H,11-13H2,1-2H3. The molecule has 2 unspecified atom stereocenters. The van der Waals surface area contributed by atoms with Crippen LogP contribution in [-0.4, -0.2) is 35.6 Å². The molecule has 6 heteroatoms. The monoisotopic (exact) mass is 345 g/mol. The maximum atomic E-state index is 13.2. The van der Waals surface area contributed by atoms with Crippen LogP contribution >= 0.6 is 0 Å². The second kappa shape index (κ2) is 7.34. The Labute approximate surface area is 145 Å². The molecule has 0 saturated heterocycles. The largest absolute Gasteiger partial charge is 0.392 e. The van der Waals surface area contributed by atoms with Crippen molar-refractivity contribution in [2.45, 2.75) is 19.4 Å². The highest BCUT2D eigenvalue weighted by Crippen LogP contribution is 2.44. The third-order valence-corrected chi connectivity index (χ3v) is 5.62. The third kappa shape index (κ3) is 3.17. The molecule has 1 aliphatic heterocycles. The molecule has 0 bridgehead atoms. The summed E-state index contributed by atoms with van der Waals surface area (Å²) < 4.78 is 16.9. The summed E-state index contributed by atoms with van der Waals surface area (Å²) in [4.78, 5) is 0. The number of para-hydroxylation sites is 3. The summed E-state index contributed by atoms with van der Waals surface area (Å²) in [6.07, 6.45) is 0.106. The smallest absolute Gasteiger partial charge is 0.230 e. The molecule has 0 aromatic heterocycles. The van der Waals surface area contributed by atoms with Crippen molar-refractivity contribution >= 4 is 28.2 Å². The van der Waals surface area contributed by atoms with Gasteiger partial charge in [0.05, 0.1) is 23.2 Å². The molecule has 2 N–H and O–H groups in total. The van der Waals surface area contributed by atoms with Crippen molar-refractivity contribution in [3.63, 3.8) is 0 Å². The molecule has 2 aromatic rings. The van der Waals surface area contributed by atoms with Crippen molar-refractivity contribution in [1.82, 2.24) is 5.32 Å². The van der Waals surface area contributed by atoms with Gasteiger partial charge in [0.2, 0.25) is 11.2 Å². The highest BCUT2D eigenvalue weighted by molar-refractivity contribution is 7.88. The van der Waals surface area contributed by atoms with Crippen LogP contribution in [0, 0.1) is 6.92 Å². The van der Waals surface area contributed by atoms with Gasteiger partial charge in [0.15, 0.2) is 0 Å². The fraction of sp³-hybridized carbons (Fsp3) is 0.333. The van der Waals surface area contributed by atoms with Crippen molar-refractivity contribution < 1.29 is 9.32 Å². The molecule has 1 aliphatic rings. The van der Waals surface area contributed by atoms with E-state index in [0.29, 0.717) is 19.5 Å². The Morgan fingerprint density at radius 3 is 2.38 bits per heavy atom. The van der Waals surface area contributed by atoms with Crippen LogP contribution in [0.5, 0.6) is 0 Å². The molecule has 1 heterocycles. The summed E-state index contributed by atoms with van der Waals surface area (Å²) in [5.74, 6) is 0. The van der Waals surface area contributed by atoms with E-state index in [1.807, 2.05) is 71.1 Å². The SMILES string of the molecule is CNCC(O)CCN1c2ccccc2N(c2ccccc2C)S1=O. The third-order valence-electron chi connectivity index (χ3n) is 4.15. The molecule has 0 amide bonds. The normalized spacial score (nSPS) is 17.9. The van der Waals surface area contributed by atoms with Gasteiger partial charge in [-0.1, -0.05) is 30.3 Å². The zero-order valence-electron chi connectivity index (χ0n) is 14.0. The lowest BCUT2D eigenvalue weighted by molar-refractivity contribution is 0.167. The number of aryl methyl sites for hydroxylation is 1. The van der Waals surface area contributed by atoms with Crippen molar-refractivity contribution in [2.24, 2.45) is 0 Å². The molecule has 24 heavy (non-hydrogen) atoms. The summed E-state index contributed by atoms with van der Waals surface area (Å²) >= 11 is -1.34. The average molecular weight is 345 g/mol. The molecule has 2 atom stereocenters. The van der Waals surface area contributed by atoms with Crippen LogP contribution in [0.4, 0.5) is 17.1 Å². The molecule has 128 valence electrons. The number of hydrogen-bond donors (Lipinski definition) is 2. The van der Waals surface area contributed by atoms with Crippen molar-refractivity contribution in [1.29, 1.82) is 0 Å². The predicted molar refractivity (Wildman–Crippen MR) is 99.8 cm³/mol. The summed E-state index contributed by atoms with van der Waals surface area (Å²) in [5.41, 5.74) is 3.91. The van der Waals surface area contributed by atoms with Gasteiger partial charge >= 0.3 is 0 Å². The van der Waals surface area contributed by atoms with Gasteiger partial charge < -0.3 is 10.4 Å². The van der Waals surface area contributed by atoms with Crippen LogP contribution in [0.2, 0.25) is 0 Å². The first-order valence-electron chi connectivity index (χ1n) is 8.10. The van der Waals surface area contributed by atoms with Gasteiger partial charge in [-0.2, -0.15) is 0 Å². The predicted octanol–water partition coefficient (Wildman–Crippen LogP) is 2.50. The van der Waals surface area contributed by atoms with Gasteiger partial charge in [0, 0.05) is 13.1 Å². The van der Waals surface area contributed by atoms with Crippen LogP contribution < -0.4 is 13.9 Å². The zero-order valence-corrected chi connectivity index (χ0v) is 14.8. The lowest BCUT2D eigenvalue weighted by atomic mass is 10.2. The van der Waals surface area contributed by atoms with Crippen LogP contribution in [0.15, 0.2) is 48.5 Å². The van der Waals surface area contributed by atoms with E-state index >= 15 is 0 Å². The Balaban J connectivity index is 1.91.